The third kappa shape index (κ3) is 4.08. The lowest BCUT2D eigenvalue weighted by Gasteiger charge is -2.17. The molecule has 2 heteroatoms. The number of hydrogen-bond acceptors (Lipinski definition) is 2. The summed E-state index contributed by atoms with van der Waals surface area (Å²) in [5.74, 6) is -0.126. The van der Waals surface area contributed by atoms with Crippen LogP contribution in [0.4, 0.5) is 0 Å². The zero-order chi connectivity index (χ0) is 15.8. The highest BCUT2D eigenvalue weighted by molar-refractivity contribution is 5.97. The number of hydrogen-bond donors (Lipinski definition) is 0. The number of carbonyl (C=O) groups excluding carboxylic acids is 1. The Morgan fingerprint density at radius 1 is 0.909 bits per heavy atom. The van der Waals surface area contributed by atoms with Crippen LogP contribution in [0.2, 0.25) is 0 Å². The molecule has 0 aliphatic heterocycles. The first kappa shape index (κ1) is 16.0. The molecule has 22 heavy (non-hydrogen) atoms. The Labute approximate surface area is 133 Å². The second-order valence-electron chi connectivity index (χ2n) is 5.19. The lowest BCUT2D eigenvalue weighted by Crippen LogP contribution is -2.17. The van der Waals surface area contributed by atoms with Crippen LogP contribution in [0.25, 0.3) is 0 Å². The van der Waals surface area contributed by atoms with Crippen molar-refractivity contribution in [2.24, 2.45) is 0 Å². The molecule has 0 unspecified atom stereocenters. The predicted molar refractivity (Wildman–Crippen MR) is 91.8 cm³/mol. The summed E-state index contributed by atoms with van der Waals surface area (Å²) < 4.78 is 0. The molecule has 0 saturated carbocycles. The van der Waals surface area contributed by atoms with Crippen molar-refractivity contribution in [2.45, 2.75) is 19.8 Å². The molecule has 0 saturated heterocycles. The Morgan fingerprint density at radius 2 is 1.36 bits per heavy atom. The van der Waals surface area contributed by atoms with E-state index < -0.39 is 0 Å². The number of rotatable bonds is 7. The molecule has 0 aliphatic carbocycles. The second-order valence-corrected chi connectivity index (χ2v) is 5.19. The van der Waals surface area contributed by atoms with Crippen molar-refractivity contribution in [3.63, 3.8) is 0 Å². The number of nitrogens with zero attached hydrogens (tertiary/aromatic N) is 1. The maximum atomic E-state index is 12.8. The van der Waals surface area contributed by atoms with Crippen LogP contribution < -0.4 is 0 Å². The van der Waals surface area contributed by atoms with Gasteiger partial charge in [-0.15, -0.1) is 0 Å². The van der Waals surface area contributed by atoms with E-state index in [1.54, 1.807) is 6.08 Å². The Balaban J connectivity index is 2.31. The maximum Gasteiger partial charge on any atom is 0.168 e. The molecule has 0 atom stereocenters. The molecule has 114 valence electrons. The number of allylic oxidation sites excluding steroid dienone is 1. The normalized spacial score (nSPS) is 11.0. The minimum atomic E-state index is -0.241. The van der Waals surface area contributed by atoms with Crippen LogP contribution in [0.5, 0.6) is 0 Å². The molecule has 0 amide bonds. The van der Waals surface area contributed by atoms with Gasteiger partial charge in [0.25, 0.3) is 0 Å². The van der Waals surface area contributed by atoms with Crippen LogP contribution in [-0.2, 0) is 4.79 Å². The molecule has 2 nitrogen and oxygen atoms in total. The van der Waals surface area contributed by atoms with Crippen molar-refractivity contribution in [2.75, 3.05) is 13.1 Å². The Hall–Kier alpha value is -2.35. The van der Waals surface area contributed by atoms with E-state index in [2.05, 4.69) is 18.7 Å². The fourth-order valence-electron chi connectivity index (χ4n) is 2.52. The van der Waals surface area contributed by atoms with Crippen molar-refractivity contribution in [3.8, 4) is 0 Å². The van der Waals surface area contributed by atoms with Gasteiger partial charge in [0.15, 0.2) is 5.78 Å². The SMILES string of the molecule is CCN(/C=C/C(=O)C(c1ccccc1)c1ccccc1)CC. The summed E-state index contributed by atoms with van der Waals surface area (Å²) in [4.78, 5) is 14.9. The molecular weight excluding hydrogens is 270 g/mol. The van der Waals surface area contributed by atoms with Gasteiger partial charge in [0.1, 0.15) is 0 Å². The van der Waals surface area contributed by atoms with Gasteiger partial charge >= 0.3 is 0 Å². The highest BCUT2D eigenvalue weighted by Gasteiger charge is 2.20. The maximum absolute atomic E-state index is 12.8. The lowest BCUT2D eigenvalue weighted by atomic mass is 9.87. The van der Waals surface area contributed by atoms with Gasteiger partial charge in [-0.2, -0.15) is 0 Å². The van der Waals surface area contributed by atoms with Gasteiger partial charge in [0, 0.05) is 19.3 Å². The van der Waals surface area contributed by atoms with Gasteiger partial charge in [-0.3, -0.25) is 4.79 Å². The summed E-state index contributed by atoms with van der Waals surface area (Å²) in [5, 5.41) is 0. The van der Waals surface area contributed by atoms with Crippen LogP contribution in [0.1, 0.15) is 30.9 Å². The molecule has 0 aliphatic rings. The van der Waals surface area contributed by atoms with Crippen molar-refractivity contribution in [3.05, 3.63) is 84.1 Å². The van der Waals surface area contributed by atoms with E-state index >= 15 is 0 Å². The molecule has 0 radical (unpaired) electrons. The van der Waals surface area contributed by atoms with E-state index in [1.165, 1.54) is 0 Å². The Kier molecular flexibility index (Phi) is 5.96. The van der Waals surface area contributed by atoms with Crippen molar-refractivity contribution in [1.29, 1.82) is 0 Å². The van der Waals surface area contributed by atoms with Gasteiger partial charge in [-0.1, -0.05) is 60.7 Å². The molecule has 0 N–H and O–H groups in total. The number of benzene rings is 2. The van der Waals surface area contributed by atoms with Crippen molar-refractivity contribution in [1.82, 2.24) is 4.90 Å². The second kappa shape index (κ2) is 8.18. The average Bonchev–Trinajstić information content (AvgIpc) is 2.58. The van der Waals surface area contributed by atoms with Crippen LogP contribution in [0.15, 0.2) is 72.9 Å². The molecule has 0 heterocycles. The predicted octanol–water partition coefficient (Wildman–Crippen LogP) is 4.24. The first-order valence-corrected chi connectivity index (χ1v) is 7.82. The summed E-state index contributed by atoms with van der Waals surface area (Å²) in [6.45, 7) is 5.98. The quantitative estimate of drug-likeness (QED) is 0.712. The molecular formula is C20H23NO. The number of ketones is 1. The van der Waals surface area contributed by atoms with Gasteiger partial charge in [-0.25, -0.2) is 0 Å². The Morgan fingerprint density at radius 3 is 1.77 bits per heavy atom. The first-order chi connectivity index (χ1) is 10.8. The Bertz CT molecular complexity index is 561. The topological polar surface area (TPSA) is 20.3 Å². The largest absolute Gasteiger partial charge is 0.378 e. The molecule has 0 fully saturated rings. The van der Waals surface area contributed by atoms with Crippen LogP contribution in [-0.4, -0.2) is 23.8 Å². The van der Waals surface area contributed by atoms with Gasteiger partial charge in [-0.05, 0) is 31.1 Å². The zero-order valence-electron chi connectivity index (χ0n) is 13.3. The number of carbonyl (C=O) groups is 1. The van der Waals surface area contributed by atoms with Crippen LogP contribution in [0, 0.1) is 0 Å². The summed E-state index contributed by atoms with van der Waals surface area (Å²) in [7, 11) is 0. The fourth-order valence-corrected chi connectivity index (χ4v) is 2.52. The highest BCUT2D eigenvalue weighted by Crippen LogP contribution is 2.25. The monoisotopic (exact) mass is 293 g/mol. The highest BCUT2D eigenvalue weighted by atomic mass is 16.1. The third-order valence-corrected chi connectivity index (χ3v) is 3.81. The summed E-state index contributed by atoms with van der Waals surface area (Å²) in [5.41, 5.74) is 2.06. The summed E-state index contributed by atoms with van der Waals surface area (Å²) in [6, 6.07) is 19.9. The smallest absolute Gasteiger partial charge is 0.168 e. The van der Waals surface area contributed by atoms with Gasteiger partial charge in [0.05, 0.1) is 5.92 Å². The third-order valence-electron chi connectivity index (χ3n) is 3.81. The van der Waals surface area contributed by atoms with E-state index in [-0.39, 0.29) is 11.7 Å². The molecule has 2 aromatic rings. The van der Waals surface area contributed by atoms with E-state index in [0.29, 0.717) is 0 Å². The molecule has 2 aromatic carbocycles. The average molecular weight is 293 g/mol. The van der Waals surface area contributed by atoms with Crippen molar-refractivity contribution < 1.29 is 4.79 Å². The first-order valence-electron chi connectivity index (χ1n) is 7.82. The standard InChI is InChI=1S/C20H23NO/c1-3-21(4-2)16-15-19(22)20(17-11-7-5-8-12-17)18-13-9-6-10-14-18/h5-16,20H,3-4H2,1-2H3/b16-15+. The molecule has 0 bridgehead atoms. The fraction of sp³-hybridized carbons (Fsp3) is 0.250. The van der Waals surface area contributed by atoms with E-state index in [4.69, 9.17) is 0 Å². The van der Waals surface area contributed by atoms with E-state index in [9.17, 15) is 4.79 Å². The van der Waals surface area contributed by atoms with Crippen LogP contribution in [0.3, 0.4) is 0 Å². The summed E-state index contributed by atoms with van der Waals surface area (Å²) in [6.07, 6.45) is 3.61. The zero-order valence-corrected chi connectivity index (χ0v) is 13.3. The van der Waals surface area contributed by atoms with Gasteiger partial charge in [0.2, 0.25) is 0 Å². The molecule has 0 aromatic heterocycles. The molecule has 0 spiro atoms. The minimum absolute atomic E-state index is 0.115. The summed E-state index contributed by atoms with van der Waals surface area (Å²) >= 11 is 0. The lowest BCUT2D eigenvalue weighted by molar-refractivity contribution is -0.115. The molecule has 2 rings (SSSR count). The van der Waals surface area contributed by atoms with E-state index in [0.717, 1.165) is 24.2 Å². The van der Waals surface area contributed by atoms with Crippen molar-refractivity contribution >= 4 is 5.78 Å². The van der Waals surface area contributed by atoms with Crippen LogP contribution >= 0.6 is 0 Å². The van der Waals surface area contributed by atoms with E-state index in [1.807, 2.05) is 66.9 Å². The minimum Gasteiger partial charge on any atom is -0.378 e. The van der Waals surface area contributed by atoms with Gasteiger partial charge < -0.3 is 4.90 Å².